The van der Waals surface area contributed by atoms with Gasteiger partial charge in [0, 0.05) is 17.5 Å². The number of carbonyl (C=O) groups excluding carboxylic acids is 1. The molecule has 0 bridgehead atoms. The third-order valence-corrected chi connectivity index (χ3v) is 4.24. The number of hydrazine groups is 1. The van der Waals surface area contributed by atoms with Crippen molar-refractivity contribution in [3.8, 4) is 0 Å². The molecule has 1 rings (SSSR count). The van der Waals surface area contributed by atoms with Gasteiger partial charge in [0.15, 0.2) is 5.11 Å². The molecule has 0 saturated carbocycles. The lowest BCUT2D eigenvalue weighted by Crippen LogP contribution is -2.47. The van der Waals surface area contributed by atoms with Crippen molar-refractivity contribution >= 4 is 40.7 Å². The maximum absolute atomic E-state index is 11.6. The van der Waals surface area contributed by atoms with Crippen LogP contribution in [0.2, 0.25) is 0 Å². The third-order valence-electron chi connectivity index (χ3n) is 3.15. The van der Waals surface area contributed by atoms with Crippen molar-refractivity contribution in [1.29, 1.82) is 0 Å². The van der Waals surface area contributed by atoms with Gasteiger partial charge in [0.1, 0.15) is 0 Å². The molecule has 1 atom stereocenters. The van der Waals surface area contributed by atoms with Crippen molar-refractivity contribution in [3.63, 3.8) is 0 Å². The highest BCUT2D eigenvalue weighted by molar-refractivity contribution is 7.80. The maximum Gasteiger partial charge on any atom is 0.262 e. The second-order valence-electron chi connectivity index (χ2n) is 5.27. The fourth-order valence-corrected chi connectivity index (χ4v) is 2.61. The van der Waals surface area contributed by atoms with E-state index >= 15 is 0 Å². The Hall–Kier alpha value is -1.40. The molecule has 0 aromatic carbocycles. The molecule has 0 fully saturated rings. The number of amides is 1. The number of carbonyl (C=O) groups is 1. The average molecular weight is 340 g/mol. The lowest BCUT2D eigenvalue weighted by atomic mass is 10.0. The molecule has 0 aliphatic rings. The van der Waals surface area contributed by atoms with E-state index in [1.54, 1.807) is 17.4 Å². The van der Waals surface area contributed by atoms with E-state index in [9.17, 15) is 4.79 Å². The molecule has 0 aliphatic carbocycles. The highest BCUT2D eigenvalue weighted by atomic mass is 32.1. The van der Waals surface area contributed by atoms with E-state index < -0.39 is 0 Å². The van der Waals surface area contributed by atoms with Gasteiger partial charge in [-0.3, -0.25) is 15.6 Å². The Balaban J connectivity index is 2.13. The second-order valence-corrected chi connectivity index (χ2v) is 6.66. The summed E-state index contributed by atoms with van der Waals surface area (Å²) in [6, 6.07) is 3.90. The number of thiophene rings is 1. The van der Waals surface area contributed by atoms with Crippen molar-refractivity contribution < 1.29 is 4.79 Å². The monoisotopic (exact) mass is 339 g/mol. The van der Waals surface area contributed by atoms with E-state index in [4.69, 9.17) is 12.2 Å². The zero-order valence-corrected chi connectivity index (χ0v) is 14.9. The Morgan fingerprint density at radius 2 is 2.23 bits per heavy atom. The summed E-state index contributed by atoms with van der Waals surface area (Å²) in [6.07, 6.45) is 8.22. The standard InChI is InChI=1S/C16H25N3OS2/c1-3-4-5-7-13(2)12-17-16(21)19-18-15(20)10-9-14-8-6-11-22-14/h6,8-11,13H,3-5,7,12H2,1-2H3,(H,18,20)(H2,17,19,21)/b10-9+/t13-/m1/s1. The van der Waals surface area contributed by atoms with E-state index in [1.807, 2.05) is 17.5 Å². The van der Waals surface area contributed by atoms with Gasteiger partial charge >= 0.3 is 0 Å². The van der Waals surface area contributed by atoms with E-state index in [0.717, 1.165) is 11.4 Å². The fraction of sp³-hybridized carbons (Fsp3) is 0.500. The molecular formula is C16H25N3OS2. The summed E-state index contributed by atoms with van der Waals surface area (Å²) in [4.78, 5) is 12.7. The number of thiocarbonyl (C=S) groups is 1. The molecule has 6 heteroatoms. The Labute approximate surface area is 142 Å². The molecule has 0 aliphatic heterocycles. The van der Waals surface area contributed by atoms with Crippen LogP contribution in [-0.2, 0) is 4.79 Å². The van der Waals surface area contributed by atoms with Crippen LogP contribution in [0.5, 0.6) is 0 Å². The van der Waals surface area contributed by atoms with Crippen LogP contribution in [0.4, 0.5) is 0 Å². The maximum atomic E-state index is 11.6. The molecule has 3 N–H and O–H groups in total. The molecule has 0 spiro atoms. The smallest absolute Gasteiger partial charge is 0.262 e. The predicted octanol–water partition coefficient (Wildman–Crippen LogP) is 3.47. The highest BCUT2D eigenvalue weighted by Gasteiger charge is 2.03. The van der Waals surface area contributed by atoms with Gasteiger partial charge in [-0.1, -0.05) is 39.2 Å². The quantitative estimate of drug-likeness (QED) is 0.294. The summed E-state index contributed by atoms with van der Waals surface area (Å²) in [5, 5.41) is 5.53. The van der Waals surface area contributed by atoms with Crippen molar-refractivity contribution in [2.24, 2.45) is 5.92 Å². The van der Waals surface area contributed by atoms with Crippen LogP contribution < -0.4 is 16.2 Å². The van der Waals surface area contributed by atoms with Crippen molar-refractivity contribution in [2.45, 2.75) is 39.5 Å². The van der Waals surface area contributed by atoms with Gasteiger partial charge in [0.2, 0.25) is 0 Å². The first-order valence-electron chi connectivity index (χ1n) is 7.67. The molecule has 4 nitrogen and oxygen atoms in total. The van der Waals surface area contributed by atoms with Gasteiger partial charge < -0.3 is 5.32 Å². The van der Waals surface area contributed by atoms with E-state index in [0.29, 0.717) is 11.0 Å². The third kappa shape index (κ3) is 8.79. The molecule has 1 aromatic rings. The Morgan fingerprint density at radius 1 is 1.41 bits per heavy atom. The lowest BCUT2D eigenvalue weighted by Gasteiger charge is -2.15. The number of hydrogen-bond donors (Lipinski definition) is 3. The van der Waals surface area contributed by atoms with Crippen LogP contribution in [0.3, 0.4) is 0 Å². The first-order chi connectivity index (χ1) is 10.6. The Morgan fingerprint density at radius 3 is 2.91 bits per heavy atom. The Bertz CT molecular complexity index is 472. The van der Waals surface area contributed by atoms with Crippen molar-refractivity contribution in [3.05, 3.63) is 28.5 Å². The normalized spacial score (nSPS) is 12.1. The van der Waals surface area contributed by atoms with Crippen molar-refractivity contribution in [2.75, 3.05) is 6.54 Å². The minimum Gasteiger partial charge on any atom is -0.361 e. The molecule has 122 valence electrons. The largest absolute Gasteiger partial charge is 0.361 e. The highest BCUT2D eigenvalue weighted by Crippen LogP contribution is 2.09. The lowest BCUT2D eigenvalue weighted by molar-refractivity contribution is -0.116. The van der Waals surface area contributed by atoms with E-state index in [1.165, 1.54) is 31.8 Å². The number of hydrogen-bond acceptors (Lipinski definition) is 3. The van der Waals surface area contributed by atoms with Gasteiger partial charge in [-0.25, -0.2) is 0 Å². The van der Waals surface area contributed by atoms with Crippen LogP contribution in [0.15, 0.2) is 23.6 Å². The first-order valence-corrected chi connectivity index (χ1v) is 8.96. The second kappa shape index (κ2) is 11.2. The minimum absolute atomic E-state index is 0.228. The molecule has 0 radical (unpaired) electrons. The van der Waals surface area contributed by atoms with E-state index in [2.05, 4.69) is 30.0 Å². The average Bonchev–Trinajstić information content (AvgIpc) is 3.02. The van der Waals surface area contributed by atoms with Crippen LogP contribution in [-0.4, -0.2) is 17.6 Å². The fourth-order valence-electron chi connectivity index (χ4n) is 1.86. The summed E-state index contributed by atoms with van der Waals surface area (Å²) in [6.45, 7) is 5.22. The minimum atomic E-state index is -0.228. The molecular weight excluding hydrogens is 314 g/mol. The first kappa shape index (κ1) is 18.6. The summed E-state index contributed by atoms with van der Waals surface area (Å²) < 4.78 is 0. The summed E-state index contributed by atoms with van der Waals surface area (Å²) in [7, 11) is 0. The van der Waals surface area contributed by atoms with Crippen LogP contribution in [0, 0.1) is 5.92 Å². The van der Waals surface area contributed by atoms with E-state index in [-0.39, 0.29) is 5.91 Å². The summed E-state index contributed by atoms with van der Waals surface area (Å²) >= 11 is 6.71. The predicted molar refractivity (Wildman–Crippen MR) is 98.5 cm³/mol. The van der Waals surface area contributed by atoms with Gasteiger partial charge in [0.25, 0.3) is 5.91 Å². The zero-order chi connectivity index (χ0) is 16.2. The van der Waals surface area contributed by atoms with Gasteiger partial charge in [-0.2, -0.15) is 0 Å². The summed E-state index contributed by atoms with van der Waals surface area (Å²) in [5.41, 5.74) is 5.25. The van der Waals surface area contributed by atoms with Crippen LogP contribution in [0.1, 0.15) is 44.4 Å². The van der Waals surface area contributed by atoms with Gasteiger partial charge in [-0.05, 0) is 42.1 Å². The molecule has 0 saturated heterocycles. The number of rotatable bonds is 8. The van der Waals surface area contributed by atoms with Crippen LogP contribution >= 0.6 is 23.6 Å². The molecule has 0 unspecified atom stereocenters. The zero-order valence-electron chi connectivity index (χ0n) is 13.2. The molecule has 22 heavy (non-hydrogen) atoms. The molecule has 1 amide bonds. The van der Waals surface area contributed by atoms with Gasteiger partial charge in [-0.15, -0.1) is 11.3 Å². The van der Waals surface area contributed by atoms with Gasteiger partial charge in [0.05, 0.1) is 0 Å². The topological polar surface area (TPSA) is 53.2 Å². The number of unbranched alkanes of at least 4 members (excludes halogenated alkanes) is 2. The SMILES string of the molecule is CCCCC[C@@H](C)CNC(=S)NNC(=O)/C=C/c1cccs1. The number of nitrogens with one attached hydrogen (secondary N) is 3. The molecule has 1 heterocycles. The summed E-state index contributed by atoms with van der Waals surface area (Å²) in [5.74, 6) is 0.342. The van der Waals surface area contributed by atoms with Crippen molar-refractivity contribution in [1.82, 2.24) is 16.2 Å². The Kier molecular flexibility index (Phi) is 9.50. The molecule has 1 aromatic heterocycles. The van der Waals surface area contributed by atoms with Crippen LogP contribution in [0.25, 0.3) is 6.08 Å².